The largest absolute Gasteiger partial charge is 0.481 e. The fourth-order valence-corrected chi connectivity index (χ4v) is 1.40. The van der Waals surface area contributed by atoms with Crippen LogP contribution in [0.4, 0.5) is 4.79 Å². The highest BCUT2D eigenvalue weighted by molar-refractivity contribution is 7.09. The van der Waals surface area contributed by atoms with E-state index in [1.807, 2.05) is 5.38 Å². The van der Waals surface area contributed by atoms with E-state index in [0.717, 1.165) is 5.01 Å². The molecular formula is C8H11N3O3S. The van der Waals surface area contributed by atoms with Crippen LogP contribution < -0.4 is 10.6 Å². The van der Waals surface area contributed by atoms with Crippen molar-refractivity contribution in [3.63, 3.8) is 0 Å². The molecular weight excluding hydrogens is 218 g/mol. The SMILES string of the molecule is O=C(O)CCNC(=O)NCc1nccs1. The molecule has 0 aliphatic heterocycles. The van der Waals surface area contributed by atoms with Crippen LogP contribution in [0.3, 0.4) is 0 Å². The van der Waals surface area contributed by atoms with E-state index in [0.29, 0.717) is 6.54 Å². The summed E-state index contributed by atoms with van der Waals surface area (Å²) >= 11 is 1.45. The second-order valence-electron chi connectivity index (χ2n) is 2.68. The first-order chi connectivity index (χ1) is 7.18. The van der Waals surface area contributed by atoms with Gasteiger partial charge in [-0.1, -0.05) is 0 Å². The van der Waals surface area contributed by atoms with Crippen molar-refractivity contribution in [2.45, 2.75) is 13.0 Å². The molecule has 1 aromatic heterocycles. The van der Waals surface area contributed by atoms with E-state index in [9.17, 15) is 9.59 Å². The van der Waals surface area contributed by atoms with Crippen molar-refractivity contribution in [1.82, 2.24) is 15.6 Å². The molecule has 0 spiro atoms. The van der Waals surface area contributed by atoms with E-state index in [1.165, 1.54) is 11.3 Å². The molecule has 3 N–H and O–H groups in total. The smallest absolute Gasteiger partial charge is 0.315 e. The van der Waals surface area contributed by atoms with Crippen LogP contribution in [0, 0.1) is 0 Å². The van der Waals surface area contributed by atoms with Crippen LogP contribution >= 0.6 is 11.3 Å². The van der Waals surface area contributed by atoms with Gasteiger partial charge in [-0.25, -0.2) is 9.78 Å². The van der Waals surface area contributed by atoms with Crippen LogP contribution in [0.1, 0.15) is 11.4 Å². The van der Waals surface area contributed by atoms with Gasteiger partial charge in [0.1, 0.15) is 5.01 Å². The Hall–Kier alpha value is -1.63. The summed E-state index contributed by atoms with van der Waals surface area (Å²) in [6, 6.07) is -0.383. The van der Waals surface area contributed by atoms with E-state index in [2.05, 4.69) is 15.6 Å². The molecule has 0 saturated heterocycles. The molecule has 2 amide bonds. The molecule has 82 valence electrons. The lowest BCUT2D eigenvalue weighted by Crippen LogP contribution is -2.36. The number of thiazole rings is 1. The van der Waals surface area contributed by atoms with Gasteiger partial charge in [0.05, 0.1) is 13.0 Å². The normalized spacial score (nSPS) is 9.60. The number of amides is 2. The predicted octanol–water partition coefficient (Wildman–Crippen LogP) is 0.417. The second-order valence-corrected chi connectivity index (χ2v) is 3.66. The molecule has 0 aliphatic carbocycles. The fraction of sp³-hybridized carbons (Fsp3) is 0.375. The lowest BCUT2D eigenvalue weighted by Gasteiger charge is -2.04. The average molecular weight is 229 g/mol. The molecule has 0 radical (unpaired) electrons. The Bertz CT molecular complexity index is 326. The van der Waals surface area contributed by atoms with Crippen molar-refractivity contribution in [3.05, 3.63) is 16.6 Å². The summed E-state index contributed by atoms with van der Waals surface area (Å²) < 4.78 is 0. The molecule has 1 rings (SSSR count). The Labute approximate surface area is 90.3 Å². The molecule has 7 heteroatoms. The van der Waals surface area contributed by atoms with Crippen molar-refractivity contribution in [3.8, 4) is 0 Å². The minimum absolute atomic E-state index is 0.0787. The number of hydrogen-bond acceptors (Lipinski definition) is 4. The summed E-state index contributed by atoms with van der Waals surface area (Å²) in [4.78, 5) is 25.2. The van der Waals surface area contributed by atoms with Gasteiger partial charge >= 0.3 is 12.0 Å². The van der Waals surface area contributed by atoms with Crippen LogP contribution in [-0.4, -0.2) is 28.6 Å². The van der Waals surface area contributed by atoms with E-state index in [-0.39, 0.29) is 19.0 Å². The highest BCUT2D eigenvalue weighted by Gasteiger charge is 2.02. The van der Waals surface area contributed by atoms with Crippen molar-refractivity contribution in [1.29, 1.82) is 0 Å². The maximum absolute atomic E-state index is 11.1. The van der Waals surface area contributed by atoms with E-state index in [4.69, 9.17) is 5.11 Å². The minimum Gasteiger partial charge on any atom is -0.481 e. The second kappa shape index (κ2) is 5.97. The van der Waals surface area contributed by atoms with Crippen LogP contribution in [0.5, 0.6) is 0 Å². The number of carbonyl (C=O) groups is 2. The number of nitrogens with zero attached hydrogens (tertiary/aromatic N) is 1. The van der Waals surface area contributed by atoms with Crippen molar-refractivity contribution >= 4 is 23.3 Å². The monoisotopic (exact) mass is 229 g/mol. The first kappa shape index (κ1) is 11.4. The van der Waals surface area contributed by atoms with Gasteiger partial charge in [-0.3, -0.25) is 4.79 Å². The number of aromatic nitrogens is 1. The molecule has 6 nitrogen and oxygen atoms in total. The summed E-state index contributed by atoms with van der Waals surface area (Å²) in [7, 11) is 0. The Morgan fingerprint density at radius 2 is 2.27 bits per heavy atom. The summed E-state index contributed by atoms with van der Waals surface area (Å²) in [5.41, 5.74) is 0. The Kier molecular flexibility index (Phi) is 4.55. The first-order valence-corrected chi connectivity index (χ1v) is 5.18. The van der Waals surface area contributed by atoms with Crippen molar-refractivity contribution in [2.75, 3.05) is 6.54 Å². The van der Waals surface area contributed by atoms with Gasteiger partial charge in [0.15, 0.2) is 0 Å². The average Bonchev–Trinajstić information content (AvgIpc) is 2.66. The molecule has 0 aliphatic rings. The first-order valence-electron chi connectivity index (χ1n) is 4.30. The van der Waals surface area contributed by atoms with Crippen LogP contribution in [-0.2, 0) is 11.3 Å². The number of carboxylic acid groups (broad SMARTS) is 1. The van der Waals surface area contributed by atoms with Gasteiger partial charge in [-0.2, -0.15) is 0 Å². The number of urea groups is 1. The van der Waals surface area contributed by atoms with Crippen LogP contribution in [0.25, 0.3) is 0 Å². The zero-order chi connectivity index (χ0) is 11.1. The Balaban J connectivity index is 2.11. The third kappa shape index (κ3) is 4.96. The van der Waals surface area contributed by atoms with E-state index in [1.54, 1.807) is 6.20 Å². The maximum atomic E-state index is 11.1. The Morgan fingerprint density at radius 3 is 2.87 bits per heavy atom. The van der Waals surface area contributed by atoms with Crippen molar-refractivity contribution < 1.29 is 14.7 Å². The zero-order valence-corrected chi connectivity index (χ0v) is 8.71. The maximum Gasteiger partial charge on any atom is 0.315 e. The molecule has 15 heavy (non-hydrogen) atoms. The van der Waals surface area contributed by atoms with Crippen molar-refractivity contribution in [2.24, 2.45) is 0 Å². The van der Waals surface area contributed by atoms with Gasteiger partial charge < -0.3 is 15.7 Å². The van der Waals surface area contributed by atoms with Gasteiger partial charge in [0.25, 0.3) is 0 Å². The van der Waals surface area contributed by atoms with Crippen LogP contribution in [0.2, 0.25) is 0 Å². The fourth-order valence-electron chi connectivity index (χ4n) is 0.842. The number of nitrogens with one attached hydrogen (secondary N) is 2. The number of hydrogen-bond donors (Lipinski definition) is 3. The van der Waals surface area contributed by atoms with Gasteiger partial charge in [-0.05, 0) is 0 Å². The summed E-state index contributed by atoms with van der Waals surface area (Å²) in [6.45, 7) is 0.482. The summed E-state index contributed by atoms with van der Waals surface area (Å²) in [6.07, 6.45) is 1.58. The molecule has 0 fully saturated rings. The van der Waals surface area contributed by atoms with Gasteiger partial charge in [-0.15, -0.1) is 11.3 Å². The third-order valence-corrected chi connectivity index (χ3v) is 2.29. The van der Waals surface area contributed by atoms with E-state index >= 15 is 0 Å². The molecule has 0 atom stereocenters. The van der Waals surface area contributed by atoms with Gasteiger partial charge in [0, 0.05) is 18.1 Å². The number of rotatable bonds is 5. The highest BCUT2D eigenvalue weighted by Crippen LogP contribution is 2.02. The Morgan fingerprint density at radius 1 is 1.47 bits per heavy atom. The summed E-state index contributed by atoms with van der Waals surface area (Å²) in [5.74, 6) is -0.935. The lowest BCUT2D eigenvalue weighted by atomic mass is 10.4. The zero-order valence-electron chi connectivity index (χ0n) is 7.90. The molecule has 0 unspecified atom stereocenters. The van der Waals surface area contributed by atoms with Gasteiger partial charge in [0.2, 0.25) is 0 Å². The number of carbonyl (C=O) groups excluding carboxylic acids is 1. The minimum atomic E-state index is -0.935. The highest BCUT2D eigenvalue weighted by atomic mass is 32.1. The lowest BCUT2D eigenvalue weighted by molar-refractivity contribution is -0.136. The third-order valence-electron chi connectivity index (χ3n) is 1.51. The quantitative estimate of drug-likeness (QED) is 0.682. The standard InChI is InChI=1S/C8H11N3O3S/c12-7(13)1-2-10-8(14)11-5-6-9-3-4-15-6/h3-4H,1-2,5H2,(H,12,13)(H2,10,11,14). The van der Waals surface area contributed by atoms with Crippen LogP contribution in [0.15, 0.2) is 11.6 Å². The molecule has 0 aromatic carbocycles. The molecule has 1 heterocycles. The topological polar surface area (TPSA) is 91.3 Å². The predicted molar refractivity (Wildman–Crippen MR) is 54.6 cm³/mol. The molecule has 1 aromatic rings. The summed E-state index contributed by atoms with van der Waals surface area (Å²) in [5, 5.41) is 15.9. The molecule has 0 bridgehead atoms. The number of aliphatic carboxylic acids is 1. The number of carboxylic acids is 1. The molecule has 0 saturated carbocycles. The van der Waals surface area contributed by atoms with E-state index < -0.39 is 5.97 Å².